The molecule has 0 unspecified atom stereocenters. The van der Waals surface area contributed by atoms with Gasteiger partial charge in [-0.3, -0.25) is 4.79 Å². The molecule has 7 heteroatoms. The molecule has 1 saturated carbocycles. The van der Waals surface area contributed by atoms with E-state index in [1.54, 1.807) is 18.3 Å². The van der Waals surface area contributed by atoms with Crippen molar-refractivity contribution >= 4 is 52.6 Å². The number of rotatable bonds is 4. The van der Waals surface area contributed by atoms with Gasteiger partial charge in [-0.15, -0.1) is 0 Å². The van der Waals surface area contributed by atoms with Gasteiger partial charge in [0.15, 0.2) is 0 Å². The number of anilines is 1. The first-order valence-corrected chi connectivity index (χ1v) is 11.9. The van der Waals surface area contributed by atoms with Gasteiger partial charge in [-0.05, 0) is 67.5 Å². The molecule has 1 amide bonds. The maximum Gasteiger partial charge on any atom is 0.271 e. The molecular weight excluding hydrogens is 453 g/mol. The largest absolute Gasteiger partial charge is 0.371 e. The highest BCUT2D eigenvalue weighted by Crippen LogP contribution is 2.45. The molecule has 0 atom stereocenters. The summed E-state index contributed by atoms with van der Waals surface area (Å²) in [7, 11) is 0. The Labute approximate surface area is 198 Å². The minimum absolute atomic E-state index is 0.323. The van der Waals surface area contributed by atoms with E-state index in [4.69, 9.17) is 34.8 Å². The summed E-state index contributed by atoms with van der Waals surface area (Å²) in [6.07, 6.45) is 11.1. The third-order valence-electron chi connectivity index (χ3n) is 6.64. The molecule has 1 N–H and O–H groups in total. The van der Waals surface area contributed by atoms with Crippen molar-refractivity contribution in [2.24, 2.45) is 10.5 Å². The summed E-state index contributed by atoms with van der Waals surface area (Å²) in [4.78, 5) is 14.6. The lowest BCUT2D eigenvalue weighted by Gasteiger charge is -2.45. The van der Waals surface area contributed by atoms with Crippen molar-refractivity contribution in [3.8, 4) is 0 Å². The number of carbonyl (C=O) groups is 1. The fourth-order valence-corrected chi connectivity index (χ4v) is 5.24. The molecule has 2 aromatic carbocycles. The van der Waals surface area contributed by atoms with Crippen molar-refractivity contribution in [2.45, 2.75) is 44.9 Å². The van der Waals surface area contributed by atoms with Gasteiger partial charge < -0.3 is 4.90 Å². The summed E-state index contributed by atoms with van der Waals surface area (Å²) in [5, 5.41) is 5.37. The summed E-state index contributed by atoms with van der Waals surface area (Å²) < 4.78 is 0. The average Bonchev–Trinajstić information content (AvgIpc) is 2.78. The number of hydrazone groups is 1. The predicted molar refractivity (Wildman–Crippen MR) is 130 cm³/mol. The Bertz CT molecular complexity index is 976. The van der Waals surface area contributed by atoms with Crippen LogP contribution >= 0.6 is 34.8 Å². The SMILES string of the molecule is O=C(N/N=C/c1ccc(N2CCC3(CCCCC3)CC2)cc1Cl)c1ccc(Cl)c(Cl)c1. The number of carbonyl (C=O) groups excluding carboxylic acids is 1. The van der Waals surface area contributed by atoms with Crippen LogP contribution in [0.4, 0.5) is 5.69 Å². The van der Waals surface area contributed by atoms with E-state index in [9.17, 15) is 4.79 Å². The highest BCUT2D eigenvalue weighted by molar-refractivity contribution is 6.42. The molecule has 0 radical (unpaired) electrons. The number of amides is 1. The molecule has 1 aliphatic heterocycles. The Morgan fingerprint density at radius 3 is 2.32 bits per heavy atom. The average molecular weight is 479 g/mol. The first-order valence-electron chi connectivity index (χ1n) is 10.8. The van der Waals surface area contributed by atoms with Crippen LogP contribution in [0.3, 0.4) is 0 Å². The first kappa shape index (κ1) is 22.4. The maximum absolute atomic E-state index is 12.2. The van der Waals surface area contributed by atoms with Gasteiger partial charge in [-0.2, -0.15) is 5.10 Å². The third kappa shape index (κ3) is 5.36. The summed E-state index contributed by atoms with van der Waals surface area (Å²) in [5.41, 5.74) is 5.35. The number of halogens is 3. The van der Waals surface area contributed by atoms with E-state index < -0.39 is 0 Å². The predicted octanol–water partition coefficient (Wildman–Crippen LogP) is 6.96. The molecule has 0 aromatic heterocycles. The van der Waals surface area contributed by atoms with Crippen LogP contribution in [0.5, 0.6) is 0 Å². The number of hydrogen-bond acceptors (Lipinski definition) is 3. The summed E-state index contributed by atoms with van der Waals surface area (Å²) >= 11 is 18.3. The van der Waals surface area contributed by atoms with E-state index in [-0.39, 0.29) is 5.91 Å². The second-order valence-corrected chi connectivity index (χ2v) is 9.80. The molecule has 2 fully saturated rings. The van der Waals surface area contributed by atoms with Gasteiger partial charge in [0.25, 0.3) is 5.91 Å². The van der Waals surface area contributed by atoms with Crippen molar-refractivity contribution in [3.63, 3.8) is 0 Å². The van der Waals surface area contributed by atoms with Gasteiger partial charge in [0, 0.05) is 29.9 Å². The summed E-state index contributed by atoms with van der Waals surface area (Å²) in [6.45, 7) is 2.17. The van der Waals surface area contributed by atoms with E-state index in [1.807, 2.05) is 12.1 Å². The monoisotopic (exact) mass is 477 g/mol. The van der Waals surface area contributed by atoms with Crippen molar-refractivity contribution in [1.82, 2.24) is 5.43 Å². The molecule has 4 rings (SSSR count). The Balaban J connectivity index is 1.35. The summed E-state index contributed by atoms with van der Waals surface area (Å²) in [6, 6.07) is 10.7. The molecule has 164 valence electrons. The second-order valence-electron chi connectivity index (χ2n) is 8.58. The fraction of sp³-hybridized carbons (Fsp3) is 0.417. The Morgan fingerprint density at radius 2 is 1.65 bits per heavy atom. The molecule has 1 aliphatic carbocycles. The zero-order chi connectivity index (χ0) is 21.8. The molecular formula is C24H26Cl3N3O. The highest BCUT2D eigenvalue weighted by Gasteiger charge is 2.35. The highest BCUT2D eigenvalue weighted by atomic mass is 35.5. The number of nitrogens with zero attached hydrogens (tertiary/aromatic N) is 2. The van der Waals surface area contributed by atoms with Crippen LogP contribution < -0.4 is 10.3 Å². The van der Waals surface area contributed by atoms with Gasteiger partial charge >= 0.3 is 0 Å². The molecule has 1 heterocycles. The van der Waals surface area contributed by atoms with E-state index in [1.165, 1.54) is 51.0 Å². The van der Waals surface area contributed by atoms with Crippen molar-refractivity contribution in [3.05, 3.63) is 62.6 Å². The van der Waals surface area contributed by atoms with Crippen LogP contribution in [-0.2, 0) is 0 Å². The lowest BCUT2D eigenvalue weighted by Crippen LogP contribution is -2.41. The number of nitrogens with one attached hydrogen (secondary N) is 1. The van der Waals surface area contributed by atoms with Crippen LogP contribution in [0.25, 0.3) is 0 Å². The zero-order valence-corrected chi connectivity index (χ0v) is 19.6. The fourth-order valence-electron chi connectivity index (χ4n) is 4.72. The second kappa shape index (κ2) is 9.81. The van der Waals surface area contributed by atoms with Crippen molar-refractivity contribution in [2.75, 3.05) is 18.0 Å². The first-order chi connectivity index (χ1) is 15.0. The van der Waals surface area contributed by atoms with E-state index in [2.05, 4.69) is 21.5 Å². The van der Waals surface area contributed by atoms with Crippen molar-refractivity contribution in [1.29, 1.82) is 0 Å². The van der Waals surface area contributed by atoms with E-state index in [0.29, 0.717) is 26.0 Å². The normalized spacial score (nSPS) is 18.5. The topological polar surface area (TPSA) is 44.7 Å². The summed E-state index contributed by atoms with van der Waals surface area (Å²) in [5.74, 6) is -0.368. The van der Waals surface area contributed by atoms with E-state index >= 15 is 0 Å². The number of benzene rings is 2. The molecule has 1 spiro atoms. The Kier molecular flexibility index (Phi) is 7.10. The van der Waals surface area contributed by atoms with Gasteiger partial charge in [0.05, 0.1) is 21.3 Å². The Morgan fingerprint density at radius 1 is 0.903 bits per heavy atom. The van der Waals surface area contributed by atoms with Crippen LogP contribution in [0.1, 0.15) is 60.9 Å². The van der Waals surface area contributed by atoms with Gasteiger partial charge in [0.1, 0.15) is 0 Å². The smallest absolute Gasteiger partial charge is 0.271 e. The third-order valence-corrected chi connectivity index (χ3v) is 7.71. The van der Waals surface area contributed by atoms with E-state index in [0.717, 1.165) is 24.3 Å². The van der Waals surface area contributed by atoms with Crippen LogP contribution in [0, 0.1) is 5.41 Å². The maximum atomic E-state index is 12.2. The standard InChI is InChI=1S/C24H26Cl3N3O/c25-20-7-5-17(14-22(20)27)23(31)29-28-16-18-4-6-19(15-21(18)26)30-12-10-24(11-13-30)8-2-1-3-9-24/h4-7,14-16H,1-3,8-13H2,(H,29,31)/b28-16+. The minimum atomic E-state index is -0.368. The lowest BCUT2D eigenvalue weighted by molar-refractivity contribution is 0.0955. The number of piperidine rings is 1. The van der Waals surface area contributed by atoms with Crippen LogP contribution in [0.15, 0.2) is 41.5 Å². The van der Waals surface area contributed by atoms with Gasteiger partial charge in [0.2, 0.25) is 0 Å². The van der Waals surface area contributed by atoms with Gasteiger partial charge in [-0.1, -0.05) is 54.1 Å². The molecule has 31 heavy (non-hydrogen) atoms. The lowest BCUT2D eigenvalue weighted by atomic mass is 9.68. The number of hydrogen-bond donors (Lipinski definition) is 1. The minimum Gasteiger partial charge on any atom is -0.371 e. The molecule has 4 nitrogen and oxygen atoms in total. The zero-order valence-electron chi connectivity index (χ0n) is 17.3. The van der Waals surface area contributed by atoms with Crippen LogP contribution in [0.2, 0.25) is 15.1 Å². The molecule has 2 aromatic rings. The van der Waals surface area contributed by atoms with Crippen LogP contribution in [-0.4, -0.2) is 25.2 Å². The Hall–Kier alpha value is -1.75. The van der Waals surface area contributed by atoms with Crippen molar-refractivity contribution < 1.29 is 4.79 Å². The van der Waals surface area contributed by atoms with Gasteiger partial charge in [-0.25, -0.2) is 5.43 Å². The molecule has 0 bridgehead atoms. The molecule has 2 aliphatic rings. The molecule has 1 saturated heterocycles. The quantitative estimate of drug-likeness (QED) is 0.381.